The Bertz CT molecular complexity index is 148. The molecule has 2 heteroatoms. The van der Waals surface area contributed by atoms with Crippen molar-refractivity contribution in [3.05, 3.63) is 29.8 Å². The van der Waals surface area contributed by atoms with E-state index in [1.54, 1.807) is 0 Å². The van der Waals surface area contributed by atoms with Crippen molar-refractivity contribution in [2.24, 2.45) is 0 Å². The third-order valence-corrected chi connectivity index (χ3v) is 1.59. The monoisotopic (exact) mass is 206 g/mol. The molecule has 0 aromatic heterocycles. The van der Waals surface area contributed by atoms with Gasteiger partial charge >= 0.3 is 57.2 Å². The molecule has 0 atom stereocenters. The van der Waals surface area contributed by atoms with Gasteiger partial charge in [0.2, 0.25) is 0 Å². The second-order valence-corrected chi connectivity index (χ2v) is 2.80. The van der Waals surface area contributed by atoms with Crippen molar-refractivity contribution in [2.45, 2.75) is 6.92 Å². The van der Waals surface area contributed by atoms with Crippen molar-refractivity contribution in [3.8, 4) is 0 Å². The molecule has 0 fully saturated rings. The number of aryl methyl sites for hydroxylation is 1. The second kappa shape index (κ2) is 3.94. The summed E-state index contributed by atoms with van der Waals surface area (Å²) in [6.07, 6.45) is 0. The predicted octanol–water partition coefficient (Wildman–Crippen LogP) is -2.21. The Morgan fingerprint density at radius 2 is 1.56 bits per heavy atom. The largest absolute Gasteiger partial charge is 1.00 e. The van der Waals surface area contributed by atoms with Crippen LogP contribution in [0.3, 0.4) is 0 Å². The molecule has 0 aliphatic carbocycles. The van der Waals surface area contributed by atoms with Crippen molar-refractivity contribution in [1.29, 1.82) is 0 Å². The quantitative estimate of drug-likeness (QED) is 0.422. The standard InChI is InChI=1S/C7H7Se.ClH/c1-6-2-4-7(8)5-3-6;/h2-5H,1H3;1H/q+1;/p-1. The van der Waals surface area contributed by atoms with Crippen LogP contribution in [0.4, 0.5) is 0 Å². The molecule has 1 rings (SSSR count). The van der Waals surface area contributed by atoms with Gasteiger partial charge < -0.3 is 12.4 Å². The van der Waals surface area contributed by atoms with Crippen LogP contribution >= 0.6 is 0 Å². The Labute approximate surface area is 69.9 Å². The van der Waals surface area contributed by atoms with Crippen LogP contribution < -0.4 is 16.9 Å². The zero-order valence-corrected chi connectivity index (χ0v) is 7.56. The number of benzene rings is 1. The van der Waals surface area contributed by atoms with Gasteiger partial charge in [0.1, 0.15) is 0 Å². The molecule has 0 unspecified atom stereocenters. The van der Waals surface area contributed by atoms with Crippen molar-refractivity contribution in [2.75, 3.05) is 0 Å². The molecule has 48 valence electrons. The summed E-state index contributed by atoms with van der Waals surface area (Å²) in [5.41, 5.74) is 1.31. The van der Waals surface area contributed by atoms with E-state index >= 15 is 0 Å². The molecule has 0 aliphatic rings. The van der Waals surface area contributed by atoms with E-state index in [4.69, 9.17) is 0 Å². The predicted molar refractivity (Wildman–Crippen MR) is 36.6 cm³/mol. The normalized spacial score (nSPS) is 8.11. The molecular weight excluding hydrogens is 198 g/mol. The van der Waals surface area contributed by atoms with Crippen molar-refractivity contribution in [3.63, 3.8) is 0 Å². The summed E-state index contributed by atoms with van der Waals surface area (Å²) in [4.78, 5) is 0. The topological polar surface area (TPSA) is 0 Å². The number of rotatable bonds is 0. The first-order valence-electron chi connectivity index (χ1n) is 2.53. The summed E-state index contributed by atoms with van der Waals surface area (Å²) in [6, 6.07) is 8.31. The fraction of sp³-hybridized carbons (Fsp3) is 0.143. The van der Waals surface area contributed by atoms with Gasteiger partial charge in [-0.15, -0.1) is 0 Å². The Morgan fingerprint density at radius 1 is 1.11 bits per heavy atom. The van der Waals surface area contributed by atoms with Gasteiger partial charge in [0.15, 0.2) is 0 Å². The first-order chi connectivity index (χ1) is 3.79. The van der Waals surface area contributed by atoms with Crippen LogP contribution in [-0.4, -0.2) is 16.0 Å². The maximum atomic E-state index is 2.93. The van der Waals surface area contributed by atoms with Gasteiger partial charge in [-0.1, -0.05) is 0 Å². The Balaban J connectivity index is 0.000000640. The molecule has 0 saturated carbocycles. The molecule has 0 N–H and O–H groups in total. The summed E-state index contributed by atoms with van der Waals surface area (Å²) in [5, 5.41) is 0. The summed E-state index contributed by atoms with van der Waals surface area (Å²) in [5.74, 6) is 0. The van der Waals surface area contributed by atoms with Crippen LogP contribution in [0.15, 0.2) is 24.3 Å². The SMILES string of the molecule is Cc1ccc([Se+])cc1.[Cl-]. The molecule has 0 aliphatic heterocycles. The average molecular weight is 206 g/mol. The van der Waals surface area contributed by atoms with E-state index in [0.29, 0.717) is 0 Å². The van der Waals surface area contributed by atoms with Gasteiger partial charge in [0.25, 0.3) is 0 Å². The van der Waals surface area contributed by atoms with Crippen LogP contribution in [0.5, 0.6) is 0 Å². The van der Waals surface area contributed by atoms with Crippen LogP contribution in [-0.2, 0) is 0 Å². The van der Waals surface area contributed by atoms with E-state index < -0.39 is 0 Å². The van der Waals surface area contributed by atoms with E-state index in [0.717, 1.165) is 0 Å². The van der Waals surface area contributed by atoms with Crippen molar-refractivity contribution < 1.29 is 12.4 Å². The molecule has 1 aromatic rings. The minimum atomic E-state index is 0. The molecule has 0 heterocycles. The van der Waals surface area contributed by atoms with E-state index in [-0.39, 0.29) is 12.4 Å². The molecule has 0 spiro atoms. The number of halogens is 1. The molecule has 0 nitrogen and oxygen atoms in total. The summed E-state index contributed by atoms with van der Waals surface area (Å²) in [7, 11) is 0. The van der Waals surface area contributed by atoms with Gasteiger partial charge in [0, 0.05) is 0 Å². The molecule has 1 aromatic carbocycles. The van der Waals surface area contributed by atoms with Gasteiger partial charge in [-0.05, 0) is 0 Å². The molecule has 0 amide bonds. The summed E-state index contributed by atoms with van der Waals surface area (Å²) < 4.78 is 1.20. The Hall–Kier alpha value is 0.0295. The number of hydrogen-bond acceptors (Lipinski definition) is 0. The van der Waals surface area contributed by atoms with Crippen molar-refractivity contribution >= 4 is 20.5 Å². The van der Waals surface area contributed by atoms with Gasteiger partial charge in [0.05, 0.1) is 0 Å². The summed E-state index contributed by atoms with van der Waals surface area (Å²) >= 11 is 2.93. The smallest absolute Gasteiger partial charge is 1.00 e. The van der Waals surface area contributed by atoms with Gasteiger partial charge in [-0.3, -0.25) is 0 Å². The van der Waals surface area contributed by atoms with Crippen LogP contribution in [0, 0.1) is 6.92 Å². The maximum absolute atomic E-state index is 2.93. The van der Waals surface area contributed by atoms with Gasteiger partial charge in [-0.25, -0.2) is 0 Å². The van der Waals surface area contributed by atoms with Crippen molar-refractivity contribution in [1.82, 2.24) is 0 Å². The fourth-order valence-electron chi connectivity index (χ4n) is 0.538. The zero-order chi connectivity index (χ0) is 5.98. The minimum Gasteiger partial charge on any atom is -1.00 e. The Morgan fingerprint density at radius 3 is 1.89 bits per heavy atom. The van der Waals surface area contributed by atoms with Crippen LogP contribution in [0.2, 0.25) is 0 Å². The average Bonchev–Trinajstić information content (AvgIpc) is 1.77. The first-order valence-corrected chi connectivity index (χ1v) is 3.38. The van der Waals surface area contributed by atoms with E-state index in [2.05, 4.69) is 47.2 Å². The molecule has 9 heavy (non-hydrogen) atoms. The number of hydrogen-bond donors (Lipinski definition) is 0. The molecule has 0 bridgehead atoms. The fourth-order valence-corrected chi connectivity index (χ4v) is 0.824. The molecule has 2 radical (unpaired) electrons. The molecular formula is C7H7ClSe. The minimum absolute atomic E-state index is 0. The first kappa shape index (κ1) is 9.03. The van der Waals surface area contributed by atoms with E-state index in [1.807, 2.05) is 0 Å². The maximum Gasteiger partial charge on any atom is -1.00 e. The third-order valence-electron chi connectivity index (χ3n) is 1.02. The third kappa shape index (κ3) is 2.90. The van der Waals surface area contributed by atoms with Crippen LogP contribution in [0.1, 0.15) is 5.56 Å². The summed E-state index contributed by atoms with van der Waals surface area (Å²) in [6.45, 7) is 2.08. The second-order valence-electron chi connectivity index (χ2n) is 1.81. The van der Waals surface area contributed by atoms with E-state index in [1.165, 1.54) is 10.0 Å². The van der Waals surface area contributed by atoms with Gasteiger partial charge in [-0.2, -0.15) is 0 Å². The van der Waals surface area contributed by atoms with Crippen LogP contribution in [0.25, 0.3) is 0 Å². The molecule has 0 saturated heterocycles. The Kier molecular flexibility index (Phi) is 3.96. The zero-order valence-electron chi connectivity index (χ0n) is 5.10. The van der Waals surface area contributed by atoms with E-state index in [9.17, 15) is 0 Å².